The van der Waals surface area contributed by atoms with Gasteiger partial charge in [-0.15, -0.1) is 0 Å². The maximum absolute atomic E-state index is 9.63. The zero-order chi connectivity index (χ0) is 13.1. The van der Waals surface area contributed by atoms with Crippen molar-refractivity contribution in [3.8, 4) is 0 Å². The molecule has 0 radical (unpaired) electrons. The van der Waals surface area contributed by atoms with Crippen LogP contribution >= 0.6 is 0 Å². The minimum absolute atomic E-state index is 0.261. The number of aryl methyl sites for hydroxylation is 1. The molecule has 1 aromatic rings. The number of nitrogens with two attached hydrogens (primary N) is 1. The van der Waals surface area contributed by atoms with Crippen molar-refractivity contribution in [2.45, 2.75) is 39.2 Å². The summed E-state index contributed by atoms with van der Waals surface area (Å²) in [5, 5.41) is 9.63. The predicted octanol–water partition coefficient (Wildman–Crippen LogP) is 0.594. The van der Waals surface area contributed by atoms with E-state index in [9.17, 15) is 5.11 Å². The minimum atomic E-state index is -0.261. The van der Waals surface area contributed by atoms with Gasteiger partial charge in [0.1, 0.15) is 17.5 Å². The van der Waals surface area contributed by atoms with E-state index in [0.717, 1.165) is 43.0 Å². The second kappa shape index (κ2) is 5.49. The van der Waals surface area contributed by atoms with Gasteiger partial charge in [0.15, 0.2) is 0 Å². The van der Waals surface area contributed by atoms with Crippen LogP contribution in [0.2, 0.25) is 0 Å². The third kappa shape index (κ3) is 2.54. The van der Waals surface area contributed by atoms with Gasteiger partial charge in [0, 0.05) is 25.1 Å². The molecule has 1 fully saturated rings. The van der Waals surface area contributed by atoms with Gasteiger partial charge in [0.25, 0.3) is 0 Å². The van der Waals surface area contributed by atoms with Crippen LogP contribution in [0.5, 0.6) is 0 Å². The highest BCUT2D eigenvalue weighted by Gasteiger charge is 2.24. The molecule has 0 aliphatic carbocycles. The summed E-state index contributed by atoms with van der Waals surface area (Å²) >= 11 is 0. The van der Waals surface area contributed by atoms with Gasteiger partial charge in [-0.2, -0.15) is 0 Å². The van der Waals surface area contributed by atoms with Gasteiger partial charge in [-0.3, -0.25) is 0 Å². The fourth-order valence-electron chi connectivity index (χ4n) is 2.27. The van der Waals surface area contributed by atoms with Crippen molar-refractivity contribution >= 4 is 11.6 Å². The van der Waals surface area contributed by atoms with Crippen LogP contribution in [0.25, 0.3) is 0 Å². The maximum Gasteiger partial charge on any atom is 0.148 e. The Morgan fingerprint density at radius 3 is 2.83 bits per heavy atom. The summed E-state index contributed by atoms with van der Waals surface area (Å²) in [4.78, 5) is 11.1. The lowest BCUT2D eigenvalue weighted by Gasteiger charge is -2.21. The first-order valence-corrected chi connectivity index (χ1v) is 6.42. The van der Waals surface area contributed by atoms with E-state index in [4.69, 9.17) is 5.84 Å². The van der Waals surface area contributed by atoms with E-state index in [1.807, 2.05) is 6.92 Å². The Hall–Kier alpha value is -1.40. The second-order valence-corrected chi connectivity index (χ2v) is 4.72. The van der Waals surface area contributed by atoms with E-state index < -0.39 is 0 Å². The first kappa shape index (κ1) is 13.0. The first-order chi connectivity index (χ1) is 8.65. The van der Waals surface area contributed by atoms with Gasteiger partial charge in [-0.1, -0.05) is 6.92 Å². The monoisotopic (exact) mass is 251 g/mol. The number of nitrogens with zero attached hydrogens (tertiary/aromatic N) is 3. The second-order valence-electron chi connectivity index (χ2n) is 4.72. The smallest absolute Gasteiger partial charge is 0.148 e. The molecule has 100 valence electrons. The summed E-state index contributed by atoms with van der Waals surface area (Å²) in [7, 11) is 0. The van der Waals surface area contributed by atoms with Crippen molar-refractivity contribution in [1.29, 1.82) is 0 Å². The number of rotatable bonds is 4. The van der Waals surface area contributed by atoms with Crippen molar-refractivity contribution in [2.24, 2.45) is 5.84 Å². The van der Waals surface area contributed by atoms with Crippen molar-refractivity contribution in [3.05, 3.63) is 11.4 Å². The average Bonchev–Trinajstić information content (AvgIpc) is 2.78. The van der Waals surface area contributed by atoms with Crippen LogP contribution in [0.4, 0.5) is 11.6 Å². The Balaban J connectivity index is 2.35. The molecule has 18 heavy (non-hydrogen) atoms. The lowest BCUT2D eigenvalue weighted by Crippen LogP contribution is -2.25. The van der Waals surface area contributed by atoms with E-state index >= 15 is 0 Å². The Morgan fingerprint density at radius 1 is 1.50 bits per heavy atom. The minimum Gasteiger partial charge on any atom is -0.391 e. The fraction of sp³-hybridized carbons (Fsp3) is 0.667. The highest BCUT2D eigenvalue weighted by atomic mass is 16.3. The van der Waals surface area contributed by atoms with Crippen molar-refractivity contribution in [2.75, 3.05) is 23.4 Å². The van der Waals surface area contributed by atoms with E-state index in [0.29, 0.717) is 12.4 Å². The summed E-state index contributed by atoms with van der Waals surface area (Å²) < 4.78 is 0. The van der Waals surface area contributed by atoms with E-state index in [2.05, 4.69) is 27.2 Å². The maximum atomic E-state index is 9.63. The molecule has 0 saturated carbocycles. The number of aromatic nitrogens is 2. The van der Waals surface area contributed by atoms with Crippen LogP contribution in [0, 0.1) is 6.92 Å². The number of anilines is 2. The summed E-state index contributed by atoms with van der Waals surface area (Å²) in [6.07, 6.45) is 2.36. The number of hydrogen-bond donors (Lipinski definition) is 3. The lowest BCUT2D eigenvalue weighted by molar-refractivity contribution is 0.198. The molecule has 1 aromatic heterocycles. The largest absolute Gasteiger partial charge is 0.391 e. The van der Waals surface area contributed by atoms with Gasteiger partial charge in [-0.25, -0.2) is 15.8 Å². The van der Waals surface area contributed by atoms with Crippen LogP contribution in [-0.2, 0) is 6.42 Å². The topological polar surface area (TPSA) is 87.3 Å². The molecule has 1 atom stereocenters. The summed E-state index contributed by atoms with van der Waals surface area (Å²) in [5.41, 5.74) is 3.57. The SMILES string of the molecule is CCCc1nc(NN)c(C)c(N2CCC(O)C2)n1. The molecule has 0 spiro atoms. The van der Waals surface area contributed by atoms with Crippen molar-refractivity contribution < 1.29 is 5.11 Å². The summed E-state index contributed by atoms with van der Waals surface area (Å²) in [6, 6.07) is 0. The summed E-state index contributed by atoms with van der Waals surface area (Å²) in [6.45, 7) is 5.50. The van der Waals surface area contributed by atoms with Crippen LogP contribution < -0.4 is 16.2 Å². The normalized spacial score (nSPS) is 19.3. The van der Waals surface area contributed by atoms with Crippen molar-refractivity contribution in [1.82, 2.24) is 9.97 Å². The molecule has 1 aliphatic rings. The highest BCUT2D eigenvalue weighted by molar-refractivity contribution is 5.58. The molecule has 0 aromatic carbocycles. The molecule has 0 amide bonds. The standard InChI is InChI=1S/C12H21N5O/c1-3-4-10-14-11(16-13)8(2)12(15-10)17-6-5-9(18)7-17/h9,18H,3-7,13H2,1-2H3,(H,14,15,16). The third-order valence-corrected chi connectivity index (χ3v) is 3.24. The van der Waals surface area contributed by atoms with Crippen LogP contribution in [0.1, 0.15) is 31.2 Å². The van der Waals surface area contributed by atoms with Gasteiger partial charge >= 0.3 is 0 Å². The average molecular weight is 251 g/mol. The molecule has 2 heterocycles. The van der Waals surface area contributed by atoms with Gasteiger partial charge in [0.2, 0.25) is 0 Å². The quantitative estimate of drug-likeness (QED) is 0.536. The van der Waals surface area contributed by atoms with E-state index in [1.54, 1.807) is 0 Å². The third-order valence-electron chi connectivity index (χ3n) is 3.24. The van der Waals surface area contributed by atoms with Gasteiger partial charge in [0.05, 0.1) is 6.10 Å². The molecule has 1 unspecified atom stereocenters. The van der Waals surface area contributed by atoms with E-state index in [-0.39, 0.29) is 6.10 Å². The van der Waals surface area contributed by atoms with Crippen LogP contribution in [0.15, 0.2) is 0 Å². The Bertz CT molecular complexity index is 423. The molecule has 6 nitrogen and oxygen atoms in total. The van der Waals surface area contributed by atoms with Crippen LogP contribution in [-0.4, -0.2) is 34.3 Å². The van der Waals surface area contributed by atoms with Gasteiger partial charge in [-0.05, 0) is 19.8 Å². The molecule has 1 saturated heterocycles. The number of nitrogens with one attached hydrogen (secondary N) is 1. The number of aliphatic hydroxyl groups excluding tert-OH is 1. The zero-order valence-corrected chi connectivity index (χ0v) is 11.0. The predicted molar refractivity (Wildman–Crippen MR) is 71.4 cm³/mol. The number of β-amino-alcohol motifs (C(OH)–C–C–N with tert-alkyl or cyclic N) is 1. The molecule has 6 heteroatoms. The highest BCUT2D eigenvalue weighted by Crippen LogP contribution is 2.26. The van der Waals surface area contributed by atoms with Crippen molar-refractivity contribution in [3.63, 3.8) is 0 Å². The van der Waals surface area contributed by atoms with E-state index in [1.165, 1.54) is 0 Å². The number of aliphatic hydroxyl groups is 1. The summed E-state index contributed by atoms with van der Waals surface area (Å²) in [5.74, 6) is 7.86. The Kier molecular flexibility index (Phi) is 3.98. The number of nitrogen functional groups attached to an aromatic ring is 1. The molecule has 0 bridgehead atoms. The number of hydrazine groups is 1. The van der Waals surface area contributed by atoms with Gasteiger partial charge < -0.3 is 15.4 Å². The Labute approximate surface area is 107 Å². The first-order valence-electron chi connectivity index (χ1n) is 6.42. The number of hydrogen-bond acceptors (Lipinski definition) is 6. The Morgan fingerprint density at radius 2 is 2.28 bits per heavy atom. The molecule has 1 aliphatic heterocycles. The molecule has 4 N–H and O–H groups in total. The lowest BCUT2D eigenvalue weighted by atomic mass is 10.2. The molecular formula is C12H21N5O. The fourth-order valence-corrected chi connectivity index (χ4v) is 2.27. The molecular weight excluding hydrogens is 230 g/mol. The molecule has 2 rings (SSSR count). The zero-order valence-electron chi connectivity index (χ0n) is 11.0. The van der Waals surface area contributed by atoms with Crippen LogP contribution in [0.3, 0.4) is 0 Å².